The van der Waals surface area contributed by atoms with E-state index in [2.05, 4.69) is 0 Å². The van der Waals surface area contributed by atoms with Gasteiger partial charge in [-0.05, 0) is 32.3 Å². The molecule has 2 unspecified atom stereocenters. The molecule has 1 N–H and O–H groups in total. The van der Waals surface area contributed by atoms with Crippen LogP contribution in [-0.4, -0.2) is 30.6 Å². The van der Waals surface area contributed by atoms with E-state index in [-0.39, 0.29) is 0 Å². The summed E-state index contributed by atoms with van der Waals surface area (Å²) < 4.78 is 4.69. The van der Waals surface area contributed by atoms with E-state index in [0.717, 1.165) is 0 Å². The van der Waals surface area contributed by atoms with Crippen LogP contribution in [0.4, 0.5) is 0 Å². The van der Waals surface area contributed by atoms with Crippen molar-refractivity contribution in [3.63, 3.8) is 0 Å². The molecular formula is C11H16O4. The molecule has 4 nitrogen and oxygen atoms in total. The number of ether oxygens (including phenoxy) is 1. The van der Waals surface area contributed by atoms with Crippen molar-refractivity contribution in [1.29, 1.82) is 0 Å². The third-order valence-corrected chi connectivity index (χ3v) is 3.19. The second-order valence-electron chi connectivity index (χ2n) is 4.09. The van der Waals surface area contributed by atoms with Gasteiger partial charge in [-0.1, -0.05) is 0 Å². The third kappa shape index (κ3) is 1.81. The summed E-state index contributed by atoms with van der Waals surface area (Å²) in [5.41, 5.74) is 0.0250. The third-order valence-electron chi connectivity index (χ3n) is 3.19. The zero-order valence-electron chi connectivity index (χ0n) is 9.24. The summed E-state index contributed by atoms with van der Waals surface area (Å²) in [5.74, 6) is -0.421. The van der Waals surface area contributed by atoms with Crippen molar-refractivity contribution in [2.45, 2.75) is 32.8 Å². The lowest BCUT2D eigenvalue weighted by molar-refractivity contribution is -0.151. The number of hydrogen-bond donors (Lipinski definition) is 1. The van der Waals surface area contributed by atoms with Gasteiger partial charge in [-0.3, -0.25) is 9.59 Å². The van der Waals surface area contributed by atoms with Crippen LogP contribution in [0.15, 0.2) is 11.1 Å². The van der Waals surface area contributed by atoms with Crippen molar-refractivity contribution in [2.24, 2.45) is 5.41 Å². The molecule has 0 aromatic heterocycles. The Kier molecular flexibility index (Phi) is 3.29. The monoisotopic (exact) mass is 212 g/mol. The lowest BCUT2D eigenvalue weighted by atomic mass is 9.71. The second kappa shape index (κ2) is 4.14. The summed E-state index contributed by atoms with van der Waals surface area (Å²) >= 11 is 0. The summed E-state index contributed by atoms with van der Waals surface area (Å²) in [7, 11) is 1.30. The van der Waals surface area contributed by atoms with Crippen LogP contribution in [0.3, 0.4) is 0 Å². The van der Waals surface area contributed by atoms with Crippen molar-refractivity contribution in [1.82, 2.24) is 0 Å². The largest absolute Gasteiger partial charge is 0.468 e. The number of aldehydes is 1. The summed E-state index contributed by atoms with van der Waals surface area (Å²) in [4.78, 5) is 22.6. The maximum Gasteiger partial charge on any atom is 0.316 e. The molecule has 4 heteroatoms. The first kappa shape index (κ1) is 11.9. The summed E-state index contributed by atoms with van der Waals surface area (Å²) in [5, 5.41) is 9.60. The molecule has 0 aromatic carbocycles. The average Bonchev–Trinajstić information content (AvgIpc) is 2.23. The molecule has 0 radical (unpaired) electrons. The fourth-order valence-corrected chi connectivity index (χ4v) is 2.05. The minimum Gasteiger partial charge on any atom is -0.468 e. The van der Waals surface area contributed by atoms with Gasteiger partial charge in [-0.2, -0.15) is 0 Å². The van der Waals surface area contributed by atoms with E-state index in [9.17, 15) is 14.7 Å². The zero-order valence-corrected chi connectivity index (χ0v) is 9.24. The normalized spacial score (nSPS) is 31.3. The van der Waals surface area contributed by atoms with E-state index in [1.807, 2.05) is 0 Å². The zero-order chi connectivity index (χ0) is 11.6. The molecule has 2 atom stereocenters. The van der Waals surface area contributed by atoms with Crippen LogP contribution in [-0.2, 0) is 14.3 Å². The number of rotatable bonds is 2. The molecule has 0 heterocycles. The van der Waals surface area contributed by atoms with Crippen molar-refractivity contribution in [3.8, 4) is 0 Å². The molecule has 0 saturated carbocycles. The Labute approximate surface area is 88.9 Å². The van der Waals surface area contributed by atoms with Crippen LogP contribution in [0.5, 0.6) is 0 Å². The predicted octanol–water partition coefficient (Wildman–Crippen LogP) is 0.836. The van der Waals surface area contributed by atoms with Crippen molar-refractivity contribution >= 4 is 12.3 Å². The first-order chi connectivity index (χ1) is 6.97. The highest BCUT2D eigenvalue weighted by Crippen LogP contribution is 2.40. The quantitative estimate of drug-likeness (QED) is 0.544. The SMILES string of the molecule is COC(=O)C1(C)CCC(O)C(C)=C1C=O. The fraction of sp³-hybridized carbons (Fsp3) is 0.636. The van der Waals surface area contributed by atoms with Crippen LogP contribution < -0.4 is 0 Å². The highest BCUT2D eigenvalue weighted by Gasteiger charge is 2.43. The number of methoxy groups -OCH3 is 1. The molecule has 84 valence electrons. The summed E-state index contributed by atoms with van der Waals surface area (Å²) in [6.45, 7) is 3.35. The van der Waals surface area contributed by atoms with E-state index in [4.69, 9.17) is 4.74 Å². The second-order valence-corrected chi connectivity index (χ2v) is 4.09. The molecule has 0 bridgehead atoms. The number of aliphatic hydroxyl groups excluding tert-OH is 1. The van der Waals surface area contributed by atoms with Crippen molar-refractivity contribution in [2.75, 3.05) is 7.11 Å². The van der Waals surface area contributed by atoms with Crippen LogP contribution >= 0.6 is 0 Å². The van der Waals surface area contributed by atoms with Gasteiger partial charge >= 0.3 is 5.97 Å². The topological polar surface area (TPSA) is 63.6 Å². The lowest BCUT2D eigenvalue weighted by Crippen LogP contribution is -2.38. The Bertz CT molecular complexity index is 319. The maximum absolute atomic E-state index is 11.6. The molecule has 1 aliphatic carbocycles. The molecule has 0 aliphatic heterocycles. The van der Waals surface area contributed by atoms with Crippen LogP contribution in [0.2, 0.25) is 0 Å². The number of carbonyl (C=O) groups excluding carboxylic acids is 2. The average molecular weight is 212 g/mol. The molecule has 0 spiro atoms. The van der Waals surface area contributed by atoms with Gasteiger partial charge in [0.05, 0.1) is 18.6 Å². The molecule has 0 saturated heterocycles. The number of hydrogen-bond acceptors (Lipinski definition) is 4. The Morgan fingerprint density at radius 3 is 2.73 bits per heavy atom. The van der Waals surface area contributed by atoms with E-state index in [0.29, 0.717) is 30.3 Å². The van der Waals surface area contributed by atoms with Gasteiger partial charge in [0, 0.05) is 5.57 Å². The lowest BCUT2D eigenvalue weighted by Gasteiger charge is -2.34. The summed E-state index contributed by atoms with van der Waals surface area (Å²) in [6.07, 6.45) is 0.943. The van der Waals surface area contributed by atoms with Gasteiger partial charge < -0.3 is 9.84 Å². The first-order valence-electron chi connectivity index (χ1n) is 4.90. The minimum absolute atomic E-state index is 0.355. The van der Waals surface area contributed by atoms with Gasteiger partial charge in [0.1, 0.15) is 6.29 Å². The Morgan fingerprint density at radius 1 is 1.67 bits per heavy atom. The molecule has 1 aliphatic rings. The molecule has 15 heavy (non-hydrogen) atoms. The maximum atomic E-state index is 11.6. The molecular weight excluding hydrogens is 196 g/mol. The van der Waals surface area contributed by atoms with Crippen LogP contribution in [0.25, 0.3) is 0 Å². The minimum atomic E-state index is -0.903. The Morgan fingerprint density at radius 2 is 2.27 bits per heavy atom. The van der Waals surface area contributed by atoms with Crippen molar-refractivity contribution in [3.05, 3.63) is 11.1 Å². The van der Waals surface area contributed by atoms with E-state index >= 15 is 0 Å². The van der Waals surface area contributed by atoms with Crippen LogP contribution in [0.1, 0.15) is 26.7 Å². The van der Waals surface area contributed by atoms with Gasteiger partial charge in [-0.15, -0.1) is 0 Å². The number of carbonyl (C=O) groups is 2. The van der Waals surface area contributed by atoms with E-state index in [1.54, 1.807) is 13.8 Å². The number of aliphatic hydroxyl groups is 1. The molecule has 1 rings (SSSR count). The van der Waals surface area contributed by atoms with Gasteiger partial charge in [0.15, 0.2) is 0 Å². The van der Waals surface area contributed by atoms with Gasteiger partial charge in [0.25, 0.3) is 0 Å². The smallest absolute Gasteiger partial charge is 0.316 e. The Hall–Kier alpha value is -1.16. The van der Waals surface area contributed by atoms with Crippen molar-refractivity contribution < 1.29 is 19.4 Å². The van der Waals surface area contributed by atoms with Crippen LogP contribution in [0, 0.1) is 5.41 Å². The highest BCUT2D eigenvalue weighted by molar-refractivity contribution is 5.91. The molecule has 0 amide bonds. The van der Waals surface area contributed by atoms with E-state index < -0.39 is 17.5 Å². The first-order valence-corrected chi connectivity index (χ1v) is 4.90. The molecule has 0 aromatic rings. The fourth-order valence-electron chi connectivity index (χ4n) is 2.05. The van der Waals surface area contributed by atoms with Gasteiger partial charge in [0.2, 0.25) is 0 Å². The molecule has 0 fully saturated rings. The number of esters is 1. The standard InChI is InChI=1S/C11H16O4/c1-7-8(6-12)11(2,10(14)15-3)5-4-9(7)13/h6,9,13H,4-5H2,1-3H3. The van der Waals surface area contributed by atoms with Gasteiger partial charge in [-0.25, -0.2) is 0 Å². The highest BCUT2D eigenvalue weighted by atomic mass is 16.5. The predicted molar refractivity (Wildman–Crippen MR) is 54.1 cm³/mol. The Balaban J connectivity index is 3.21. The van der Waals surface area contributed by atoms with E-state index in [1.165, 1.54) is 7.11 Å². The summed E-state index contributed by atoms with van der Waals surface area (Å²) in [6, 6.07) is 0.